The summed E-state index contributed by atoms with van der Waals surface area (Å²) in [5.74, 6) is 1.70. The molecule has 1 saturated heterocycles. The van der Waals surface area contributed by atoms with Gasteiger partial charge in [0.2, 0.25) is 0 Å². The van der Waals surface area contributed by atoms with Crippen LogP contribution in [0.4, 0.5) is 0 Å². The maximum atomic E-state index is 5.24. The van der Waals surface area contributed by atoms with E-state index in [4.69, 9.17) is 9.72 Å². The van der Waals surface area contributed by atoms with Gasteiger partial charge in [0.15, 0.2) is 5.82 Å². The van der Waals surface area contributed by atoms with Crippen LogP contribution in [-0.2, 0) is 6.54 Å². The van der Waals surface area contributed by atoms with Gasteiger partial charge < -0.3 is 4.74 Å². The van der Waals surface area contributed by atoms with Crippen LogP contribution >= 0.6 is 0 Å². The Bertz CT molecular complexity index is 816. The third-order valence-corrected chi connectivity index (χ3v) is 4.66. The molecule has 2 aromatic heterocycles. The van der Waals surface area contributed by atoms with E-state index >= 15 is 0 Å². The molecule has 1 aliphatic rings. The first-order chi connectivity index (χ1) is 12.3. The molecule has 1 aromatic carbocycles. The molecule has 6 nitrogen and oxygen atoms in total. The Morgan fingerprint density at radius 3 is 2.80 bits per heavy atom. The van der Waals surface area contributed by atoms with E-state index in [0.717, 1.165) is 36.8 Å². The van der Waals surface area contributed by atoms with Gasteiger partial charge in [-0.15, -0.1) is 0 Å². The zero-order valence-electron chi connectivity index (χ0n) is 14.2. The maximum Gasteiger partial charge on any atom is 0.156 e. The van der Waals surface area contributed by atoms with Crippen molar-refractivity contribution < 1.29 is 4.74 Å². The molecule has 0 amide bonds. The molecule has 128 valence electrons. The number of imidazole rings is 1. The molecule has 0 spiro atoms. The molecule has 0 aliphatic carbocycles. The SMILES string of the molecule is COc1ccc(CN2CCC[C@H]2c2cncc(-n3ccnc3)n2)cc1. The number of hydrogen-bond donors (Lipinski definition) is 0. The normalized spacial score (nSPS) is 17.7. The van der Waals surface area contributed by atoms with E-state index in [1.165, 1.54) is 12.0 Å². The summed E-state index contributed by atoms with van der Waals surface area (Å²) in [5, 5.41) is 0. The first-order valence-corrected chi connectivity index (χ1v) is 8.51. The highest BCUT2D eigenvalue weighted by molar-refractivity contribution is 5.27. The molecular formula is C19H21N5O. The van der Waals surface area contributed by atoms with Crippen molar-refractivity contribution in [1.82, 2.24) is 24.4 Å². The Hall–Kier alpha value is -2.73. The van der Waals surface area contributed by atoms with Crippen molar-refractivity contribution in [3.8, 4) is 11.6 Å². The molecule has 4 rings (SSSR count). The zero-order chi connectivity index (χ0) is 17.1. The average molecular weight is 335 g/mol. The van der Waals surface area contributed by atoms with Gasteiger partial charge in [0.05, 0.1) is 31.2 Å². The van der Waals surface area contributed by atoms with Crippen molar-refractivity contribution in [2.24, 2.45) is 0 Å². The molecular weight excluding hydrogens is 314 g/mol. The first kappa shape index (κ1) is 15.8. The average Bonchev–Trinajstić information content (AvgIpc) is 3.35. The Morgan fingerprint density at radius 1 is 1.16 bits per heavy atom. The highest BCUT2D eigenvalue weighted by atomic mass is 16.5. The van der Waals surface area contributed by atoms with Gasteiger partial charge in [-0.1, -0.05) is 12.1 Å². The van der Waals surface area contributed by atoms with Gasteiger partial charge in [0.25, 0.3) is 0 Å². The second-order valence-electron chi connectivity index (χ2n) is 6.25. The second-order valence-corrected chi connectivity index (χ2v) is 6.25. The highest BCUT2D eigenvalue weighted by Crippen LogP contribution is 2.32. The number of nitrogens with zero attached hydrogens (tertiary/aromatic N) is 5. The van der Waals surface area contributed by atoms with Crippen LogP contribution in [0.5, 0.6) is 5.75 Å². The highest BCUT2D eigenvalue weighted by Gasteiger charge is 2.27. The monoisotopic (exact) mass is 335 g/mol. The van der Waals surface area contributed by atoms with Gasteiger partial charge in [0.1, 0.15) is 12.1 Å². The fraction of sp³-hybridized carbons (Fsp3) is 0.316. The van der Waals surface area contributed by atoms with Crippen LogP contribution in [0.25, 0.3) is 5.82 Å². The topological polar surface area (TPSA) is 56.1 Å². The quantitative estimate of drug-likeness (QED) is 0.717. The van der Waals surface area contributed by atoms with Crippen molar-refractivity contribution in [3.05, 3.63) is 66.6 Å². The van der Waals surface area contributed by atoms with E-state index < -0.39 is 0 Å². The summed E-state index contributed by atoms with van der Waals surface area (Å²) >= 11 is 0. The van der Waals surface area contributed by atoms with E-state index in [-0.39, 0.29) is 0 Å². The van der Waals surface area contributed by atoms with Gasteiger partial charge in [-0.25, -0.2) is 9.97 Å². The summed E-state index contributed by atoms with van der Waals surface area (Å²) < 4.78 is 7.13. The standard InChI is InChI=1S/C19H21N5O/c1-25-16-6-4-15(5-7-16)13-23-9-2-3-18(23)17-11-21-12-19(22-17)24-10-8-20-14-24/h4-8,10-12,14,18H,2-3,9,13H2,1H3/t18-/m0/s1. The van der Waals surface area contributed by atoms with Gasteiger partial charge in [-0.05, 0) is 37.1 Å². The summed E-state index contributed by atoms with van der Waals surface area (Å²) in [5.41, 5.74) is 2.31. The zero-order valence-corrected chi connectivity index (χ0v) is 14.2. The molecule has 0 unspecified atom stereocenters. The molecule has 3 heterocycles. The van der Waals surface area contributed by atoms with Crippen LogP contribution in [0.3, 0.4) is 0 Å². The predicted octanol–water partition coefficient (Wildman–Crippen LogP) is 3.01. The largest absolute Gasteiger partial charge is 0.497 e. The Kier molecular flexibility index (Phi) is 4.43. The minimum atomic E-state index is 0.304. The molecule has 0 saturated carbocycles. The van der Waals surface area contributed by atoms with Gasteiger partial charge in [0, 0.05) is 18.9 Å². The Balaban J connectivity index is 1.54. The van der Waals surface area contributed by atoms with Crippen molar-refractivity contribution in [3.63, 3.8) is 0 Å². The van der Waals surface area contributed by atoms with Crippen LogP contribution in [0.1, 0.15) is 30.1 Å². The summed E-state index contributed by atoms with van der Waals surface area (Å²) in [6.07, 6.45) is 11.3. The number of ether oxygens (including phenoxy) is 1. The fourth-order valence-corrected chi connectivity index (χ4v) is 3.37. The lowest BCUT2D eigenvalue weighted by molar-refractivity contribution is 0.244. The molecule has 0 N–H and O–H groups in total. The fourth-order valence-electron chi connectivity index (χ4n) is 3.37. The number of aromatic nitrogens is 4. The van der Waals surface area contributed by atoms with Gasteiger partial charge in [-0.2, -0.15) is 0 Å². The van der Waals surface area contributed by atoms with Gasteiger partial charge >= 0.3 is 0 Å². The lowest BCUT2D eigenvalue weighted by Crippen LogP contribution is -2.23. The summed E-state index contributed by atoms with van der Waals surface area (Å²) in [4.78, 5) is 15.8. The molecule has 1 aliphatic heterocycles. The number of benzene rings is 1. The third kappa shape index (κ3) is 3.39. The minimum Gasteiger partial charge on any atom is -0.497 e. The van der Waals surface area contributed by atoms with Crippen LogP contribution in [0.2, 0.25) is 0 Å². The van der Waals surface area contributed by atoms with Crippen LogP contribution in [-0.4, -0.2) is 38.1 Å². The smallest absolute Gasteiger partial charge is 0.156 e. The summed E-state index contributed by atoms with van der Waals surface area (Å²) in [6.45, 7) is 1.99. The third-order valence-electron chi connectivity index (χ3n) is 4.66. The van der Waals surface area contributed by atoms with E-state index in [0.29, 0.717) is 6.04 Å². The molecule has 0 radical (unpaired) electrons. The first-order valence-electron chi connectivity index (χ1n) is 8.51. The predicted molar refractivity (Wildman–Crippen MR) is 94.5 cm³/mol. The second kappa shape index (κ2) is 7.03. The van der Waals surface area contributed by atoms with Gasteiger partial charge in [-0.3, -0.25) is 14.5 Å². The van der Waals surface area contributed by atoms with E-state index in [1.807, 2.05) is 29.1 Å². The molecule has 25 heavy (non-hydrogen) atoms. The molecule has 1 fully saturated rings. The number of rotatable bonds is 5. The number of methoxy groups -OCH3 is 1. The molecule has 1 atom stereocenters. The maximum absolute atomic E-state index is 5.24. The van der Waals surface area contributed by atoms with Crippen molar-refractivity contribution in [1.29, 1.82) is 0 Å². The number of hydrogen-bond acceptors (Lipinski definition) is 5. The van der Waals surface area contributed by atoms with Crippen molar-refractivity contribution in [2.45, 2.75) is 25.4 Å². The van der Waals surface area contributed by atoms with E-state index in [1.54, 1.807) is 25.8 Å². The minimum absolute atomic E-state index is 0.304. The molecule has 6 heteroatoms. The van der Waals surface area contributed by atoms with Crippen LogP contribution in [0.15, 0.2) is 55.4 Å². The summed E-state index contributed by atoms with van der Waals surface area (Å²) in [6, 6.07) is 8.58. The lowest BCUT2D eigenvalue weighted by atomic mass is 10.1. The lowest BCUT2D eigenvalue weighted by Gasteiger charge is -2.24. The van der Waals surface area contributed by atoms with Crippen molar-refractivity contribution >= 4 is 0 Å². The van der Waals surface area contributed by atoms with E-state index in [9.17, 15) is 0 Å². The van der Waals surface area contributed by atoms with E-state index in [2.05, 4.69) is 27.0 Å². The molecule has 3 aromatic rings. The van der Waals surface area contributed by atoms with Crippen LogP contribution in [0, 0.1) is 0 Å². The number of likely N-dealkylation sites (tertiary alicyclic amines) is 1. The molecule has 0 bridgehead atoms. The van der Waals surface area contributed by atoms with Crippen LogP contribution < -0.4 is 4.74 Å². The summed E-state index contributed by atoms with van der Waals surface area (Å²) in [7, 11) is 1.69. The Labute approximate surface area is 147 Å². The Morgan fingerprint density at radius 2 is 2.04 bits per heavy atom. The van der Waals surface area contributed by atoms with Crippen molar-refractivity contribution in [2.75, 3.05) is 13.7 Å².